The topological polar surface area (TPSA) is 49.3 Å². The van der Waals surface area contributed by atoms with Gasteiger partial charge >= 0.3 is 0 Å². The molecule has 0 spiro atoms. The summed E-state index contributed by atoms with van der Waals surface area (Å²) in [6, 6.07) is 0. The number of hydroxylamine groups is 1. The van der Waals surface area contributed by atoms with Crippen molar-refractivity contribution in [3.8, 4) is 0 Å². The summed E-state index contributed by atoms with van der Waals surface area (Å²) in [6.07, 6.45) is 0. The largest absolute Gasteiger partial charge is 0.288 e. The average molecular weight is 129 g/mol. The molecule has 1 amide bonds. The molecule has 0 aliphatic carbocycles. The van der Waals surface area contributed by atoms with E-state index in [4.69, 9.17) is 5.21 Å². The van der Waals surface area contributed by atoms with Crippen molar-refractivity contribution in [2.24, 2.45) is 5.92 Å². The van der Waals surface area contributed by atoms with Crippen LogP contribution >= 0.6 is 0 Å². The summed E-state index contributed by atoms with van der Waals surface area (Å²) in [4.78, 5) is 10.5. The molecule has 0 aliphatic rings. The number of carbonyl (C=O) groups excluding carboxylic acids is 1. The quantitative estimate of drug-likeness (QED) is 0.327. The molecule has 0 unspecified atom stereocenters. The van der Waals surface area contributed by atoms with Crippen LogP contribution in [0.2, 0.25) is 0 Å². The highest BCUT2D eigenvalue weighted by Crippen LogP contribution is 2.04. The number of carbonyl (C=O) groups is 1. The third kappa shape index (κ3) is 2.28. The van der Waals surface area contributed by atoms with Crippen molar-refractivity contribution in [1.29, 1.82) is 0 Å². The Morgan fingerprint density at radius 3 is 2.22 bits per heavy atom. The van der Waals surface area contributed by atoms with Crippen LogP contribution in [0.4, 0.5) is 0 Å². The lowest BCUT2D eigenvalue weighted by atomic mass is 10.1. The Labute approximate surface area is 54.3 Å². The first-order valence-corrected chi connectivity index (χ1v) is 2.72. The highest BCUT2D eigenvalue weighted by molar-refractivity contribution is 5.92. The van der Waals surface area contributed by atoms with Gasteiger partial charge in [0.05, 0.1) is 0 Å². The molecule has 0 aromatic rings. The molecular weight excluding hydrogens is 118 g/mol. The Morgan fingerprint density at radius 2 is 2.11 bits per heavy atom. The van der Waals surface area contributed by atoms with Crippen molar-refractivity contribution in [3.63, 3.8) is 0 Å². The number of amides is 1. The van der Waals surface area contributed by atoms with Crippen LogP contribution in [-0.4, -0.2) is 11.1 Å². The summed E-state index contributed by atoms with van der Waals surface area (Å²) in [5.41, 5.74) is 1.89. The summed E-state index contributed by atoms with van der Waals surface area (Å²) < 4.78 is 0. The van der Waals surface area contributed by atoms with Crippen LogP contribution in [0.15, 0.2) is 12.2 Å². The van der Waals surface area contributed by atoms with Gasteiger partial charge in [0.15, 0.2) is 0 Å². The second-order valence-corrected chi connectivity index (χ2v) is 2.12. The average Bonchev–Trinajstić information content (AvgIpc) is 1.84. The minimum Gasteiger partial charge on any atom is -0.288 e. The molecule has 3 heteroatoms. The minimum atomic E-state index is -0.509. The van der Waals surface area contributed by atoms with Crippen LogP contribution < -0.4 is 5.48 Å². The molecule has 2 N–H and O–H groups in total. The highest BCUT2D eigenvalue weighted by Gasteiger charge is 2.07. The molecule has 0 saturated heterocycles. The fraction of sp³-hybridized carbons (Fsp3) is 0.500. The lowest BCUT2D eigenvalue weighted by molar-refractivity contribution is -0.125. The van der Waals surface area contributed by atoms with E-state index in [1.165, 1.54) is 5.48 Å². The first-order valence-electron chi connectivity index (χ1n) is 2.72. The predicted molar refractivity (Wildman–Crippen MR) is 33.9 cm³/mol. The summed E-state index contributed by atoms with van der Waals surface area (Å²) in [5, 5.41) is 8.09. The van der Waals surface area contributed by atoms with Crippen LogP contribution in [0.3, 0.4) is 0 Å². The third-order valence-electron chi connectivity index (χ3n) is 1.09. The van der Waals surface area contributed by atoms with Gasteiger partial charge < -0.3 is 0 Å². The zero-order chi connectivity index (χ0) is 7.44. The maximum absolute atomic E-state index is 10.5. The van der Waals surface area contributed by atoms with Gasteiger partial charge in [0.25, 0.3) is 5.91 Å². The minimum absolute atomic E-state index is 0.0807. The molecule has 3 nitrogen and oxygen atoms in total. The maximum Gasteiger partial charge on any atom is 0.270 e. The smallest absolute Gasteiger partial charge is 0.270 e. The van der Waals surface area contributed by atoms with Crippen molar-refractivity contribution >= 4 is 5.91 Å². The molecule has 9 heavy (non-hydrogen) atoms. The van der Waals surface area contributed by atoms with Gasteiger partial charge in [-0.25, -0.2) is 5.48 Å². The first kappa shape index (κ1) is 8.17. The standard InChI is InChI=1S/C6H11NO2/c1-4(2)5(3)6(8)7-9/h4,9H,3H2,1-2H3,(H,7,8). The molecule has 0 aromatic heterocycles. The van der Waals surface area contributed by atoms with E-state index in [-0.39, 0.29) is 5.92 Å². The molecular formula is C6H11NO2. The lowest BCUT2D eigenvalue weighted by Crippen LogP contribution is -2.22. The summed E-state index contributed by atoms with van der Waals surface area (Å²) in [5.74, 6) is -0.429. The Balaban J connectivity index is 3.89. The van der Waals surface area contributed by atoms with E-state index in [0.717, 1.165) is 0 Å². The van der Waals surface area contributed by atoms with Crippen molar-refractivity contribution in [2.75, 3.05) is 0 Å². The number of rotatable bonds is 2. The molecule has 0 radical (unpaired) electrons. The third-order valence-corrected chi connectivity index (χ3v) is 1.09. The normalized spacial score (nSPS) is 9.33. The molecule has 0 atom stereocenters. The Hall–Kier alpha value is -0.830. The molecule has 0 rings (SSSR count). The lowest BCUT2D eigenvalue weighted by Gasteiger charge is -2.04. The molecule has 0 aliphatic heterocycles. The van der Waals surface area contributed by atoms with Crippen LogP contribution in [-0.2, 0) is 4.79 Å². The van der Waals surface area contributed by atoms with E-state index in [0.29, 0.717) is 5.57 Å². The fourth-order valence-corrected chi connectivity index (χ4v) is 0.334. The van der Waals surface area contributed by atoms with Crippen molar-refractivity contribution in [2.45, 2.75) is 13.8 Å². The summed E-state index contributed by atoms with van der Waals surface area (Å²) in [6.45, 7) is 7.11. The fourth-order valence-electron chi connectivity index (χ4n) is 0.334. The van der Waals surface area contributed by atoms with Crippen LogP contribution in [0.5, 0.6) is 0 Å². The van der Waals surface area contributed by atoms with Crippen molar-refractivity contribution < 1.29 is 10.0 Å². The van der Waals surface area contributed by atoms with E-state index in [9.17, 15) is 4.79 Å². The molecule has 0 fully saturated rings. The summed E-state index contributed by atoms with van der Waals surface area (Å²) >= 11 is 0. The second-order valence-electron chi connectivity index (χ2n) is 2.12. The number of hydrogen-bond acceptors (Lipinski definition) is 2. The maximum atomic E-state index is 10.5. The SMILES string of the molecule is C=C(C(=O)NO)C(C)C. The van der Waals surface area contributed by atoms with Crippen LogP contribution in [0.25, 0.3) is 0 Å². The van der Waals surface area contributed by atoms with Gasteiger partial charge in [0.1, 0.15) is 0 Å². The van der Waals surface area contributed by atoms with E-state index >= 15 is 0 Å². The van der Waals surface area contributed by atoms with Gasteiger partial charge in [-0.05, 0) is 5.92 Å². The van der Waals surface area contributed by atoms with Gasteiger partial charge in [-0.15, -0.1) is 0 Å². The van der Waals surface area contributed by atoms with Crippen LogP contribution in [0, 0.1) is 5.92 Å². The Morgan fingerprint density at radius 1 is 1.67 bits per heavy atom. The highest BCUT2D eigenvalue weighted by atomic mass is 16.5. The van der Waals surface area contributed by atoms with E-state index < -0.39 is 5.91 Å². The van der Waals surface area contributed by atoms with E-state index in [2.05, 4.69) is 6.58 Å². The van der Waals surface area contributed by atoms with Crippen molar-refractivity contribution in [1.82, 2.24) is 5.48 Å². The first-order chi connectivity index (χ1) is 4.09. The molecule has 52 valence electrons. The number of hydrogen-bond donors (Lipinski definition) is 2. The monoisotopic (exact) mass is 129 g/mol. The predicted octanol–water partition coefficient (Wildman–Crippen LogP) is 0.704. The molecule has 0 aromatic carbocycles. The van der Waals surface area contributed by atoms with E-state index in [1.54, 1.807) is 0 Å². The number of nitrogens with one attached hydrogen (secondary N) is 1. The molecule has 0 bridgehead atoms. The zero-order valence-electron chi connectivity index (χ0n) is 5.64. The van der Waals surface area contributed by atoms with Gasteiger partial charge in [0, 0.05) is 5.57 Å². The zero-order valence-corrected chi connectivity index (χ0v) is 5.64. The Kier molecular flexibility index (Phi) is 2.95. The van der Waals surface area contributed by atoms with E-state index in [1.807, 2.05) is 13.8 Å². The molecule has 0 heterocycles. The summed E-state index contributed by atoms with van der Waals surface area (Å²) in [7, 11) is 0. The van der Waals surface area contributed by atoms with Gasteiger partial charge in [-0.3, -0.25) is 10.0 Å². The Bertz CT molecular complexity index is 129. The second kappa shape index (κ2) is 3.25. The molecule has 0 saturated carbocycles. The van der Waals surface area contributed by atoms with Crippen LogP contribution in [0.1, 0.15) is 13.8 Å². The van der Waals surface area contributed by atoms with Gasteiger partial charge in [0.2, 0.25) is 0 Å². The van der Waals surface area contributed by atoms with Gasteiger partial charge in [-0.2, -0.15) is 0 Å². The van der Waals surface area contributed by atoms with Crippen molar-refractivity contribution in [3.05, 3.63) is 12.2 Å². The van der Waals surface area contributed by atoms with Gasteiger partial charge in [-0.1, -0.05) is 20.4 Å².